The highest BCUT2D eigenvalue weighted by atomic mass is 32.2. The lowest BCUT2D eigenvalue weighted by molar-refractivity contribution is 0.289. The van der Waals surface area contributed by atoms with Crippen molar-refractivity contribution in [3.8, 4) is 0 Å². The van der Waals surface area contributed by atoms with Crippen LogP contribution in [0.4, 0.5) is 0 Å². The third kappa shape index (κ3) is 3.40. The van der Waals surface area contributed by atoms with Crippen LogP contribution >= 0.6 is 0 Å². The van der Waals surface area contributed by atoms with Gasteiger partial charge in [-0.25, -0.2) is 8.42 Å². The van der Waals surface area contributed by atoms with Gasteiger partial charge >= 0.3 is 0 Å². The summed E-state index contributed by atoms with van der Waals surface area (Å²) in [6.07, 6.45) is 2.50. The molecule has 0 aromatic heterocycles. The van der Waals surface area contributed by atoms with Crippen LogP contribution in [0, 0.1) is 0 Å². The van der Waals surface area contributed by atoms with E-state index in [9.17, 15) is 8.42 Å². The Balaban J connectivity index is 2.82. The van der Waals surface area contributed by atoms with Crippen LogP contribution in [0.3, 0.4) is 0 Å². The van der Waals surface area contributed by atoms with Crippen molar-refractivity contribution >= 4 is 10.0 Å². The Kier molecular flexibility index (Phi) is 5.37. The van der Waals surface area contributed by atoms with Gasteiger partial charge in [0.2, 0.25) is 10.0 Å². The van der Waals surface area contributed by atoms with E-state index in [-0.39, 0.29) is 12.6 Å². The zero-order valence-electron chi connectivity index (χ0n) is 11.1. The minimum atomic E-state index is -3.21. The van der Waals surface area contributed by atoms with E-state index in [1.807, 2.05) is 25.9 Å². The van der Waals surface area contributed by atoms with Crippen LogP contribution < -0.4 is 5.73 Å². The first-order chi connectivity index (χ1) is 7.93. The first-order valence-electron chi connectivity index (χ1n) is 6.29. The Hall–Kier alpha value is -0.170. The van der Waals surface area contributed by atoms with E-state index < -0.39 is 15.3 Å². The van der Waals surface area contributed by atoms with Gasteiger partial charge in [-0.05, 0) is 33.4 Å². The van der Waals surface area contributed by atoms with E-state index >= 15 is 0 Å². The molecule has 1 fully saturated rings. The number of rotatable bonds is 6. The van der Waals surface area contributed by atoms with Crippen molar-refractivity contribution in [2.45, 2.75) is 37.5 Å². The maximum Gasteiger partial charge on any atom is 0.218 e. The van der Waals surface area contributed by atoms with Crippen LogP contribution in [0.1, 0.15) is 26.2 Å². The fourth-order valence-corrected chi connectivity index (χ4v) is 4.46. The molecule has 102 valence electrons. The summed E-state index contributed by atoms with van der Waals surface area (Å²) in [6.45, 7) is 3.54. The predicted molar refractivity (Wildman–Crippen MR) is 70.3 cm³/mol. The van der Waals surface area contributed by atoms with Gasteiger partial charge in [-0.3, -0.25) is 0 Å². The highest BCUT2D eigenvalue weighted by Gasteiger charge is 2.37. The summed E-state index contributed by atoms with van der Waals surface area (Å²) in [4.78, 5) is 2.04. The first kappa shape index (κ1) is 14.9. The molecule has 1 heterocycles. The van der Waals surface area contributed by atoms with Gasteiger partial charge in [-0.2, -0.15) is 4.31 Å². The number of sulfonamides is 1. The Labute approximate surface area is 105 Å². The summed E-state index contributed by atoms with van der Waals surface area (Å²) in [5.41, 5.74) is 5.57. The monoisotopic (exact) mass is 263 g/mol. The van der Waals surface area contributed by atoms with Gasteiger partial charge in [0, 0.05) is 25.7 Å². The molecule has 1 rings (SSSR count). The largest absolute Gasteiger partial charge is 0.329 e. The molecule has 2 unspecified atom stereocenters. The molecule has 0 aliphatic carbocycles. The molecule has 0 amide bonds. The molecule has 2 atom stereocenters. The molecule has 1 aliphatic heterocycles. The quantitative estimate of drug-likeness (QED) is 0.737. The smallest absolute Gasteiger partial charge is 0.218 e. The second kappa shape index (κ2) is 6.13. The summed E-state index contributed by atoms with van der Waals surface area (Å²) in [5.74, 6) is 0. The molecule has 17 heavy (non-hydrogen) atoms. The van der Waals surface area contributed by atoms with E-state index in [2.05, 4.69) is 0 Å². The summed E-state index contributed by atoms with van der Waals surface area (Å²) >= 11 is 0. The van der Waals surface area contributed by atoms with E-state index in [1.54, 1.807) is 4.31 Å². The van der Waals surface area contributed by atoms with Crippen LogP contribution in [-0.4, -0.2) is 62.6 Å². The van der Waals surface area contributed by atoms with Crippen molar-refractivity contribution < 1.29 is 8.42 Å². The van der Waals surface area contributed by atoms with Gasteiger partial charge in [0.05, 0.1) is 5.25 Å². The number of hydrogen-bond acceptors (Lipinski definition) is 4. The molecule has 1 aliphatic rings. The van der Waals surface area contributed by atoms with Crippen molar-refractivity contribution in [2.24, 2.45) is 5.73 Å². The number of nitrogens with zero attached hydrogens (tertiary/aromatic N) is 2. The van der Waals surface area contributed by atoms with Crippen molar-refractivity contribution in [1.82, 2.24) is 9.21 Å². The van der Waals surface area contributed by atoms with Crippen molar-refractivity contribution in [3.63, 3.8) is 0 Å². The van der Waals surface area contributed by atoms with Crippen LogP contribution in [0.25, 0.3) is 0 Å². The first-order valence-corrected chi connectivity index (χ1v) is 7.79. The second-order valence-corrected chi connectivity index (χ2v) is 7.15. The molecular formula is C11H25N3O2S. The van der Waals surface area contributed by atoms with Crippen LogP contribution in [0.15, 0.2) is 0 Å². The minimum absolute atomic E-state index is 0.121. The molecule has 2 N–H and O–H groups in total. The Morgan fingerprint density at radius 3 is 2.59 bits per heavy atom. The van der Waals surface area contributed by atoms with Crippen LogP contribution in [0.5, 0.6) is 0 Å². The molecule has 6 heteroatoms. The molecule has 0 aromatic carbocycles. The molecule has 0 bridgehead atoms. The van der Waals surface area contributed by atoms with Gasteiger partial charge in [0.25, 0.3) is 0 Å². The van der Waals surface area contributed by atoms with Crippen LogP contribution in [-0.2, 0) is 10.0 Å². The molecular weight excluding hydrogens is 238 g/mol. The van der Waals surface area contributed by atoms with Gasteiger partial charge in [-0.15, -0.1) is 0 Å². The van der Waals surface area contributed by atoms with Gasteiger partial charge < -0.3 is 10.6 Å². The number of likely N-dealkylation sites (N-methyl/N-ethyl adjacent to an activating group) is 1. The topological polar surface area (TPSA) is 66.6 Å². The second-order valence-electron chi connectivity index (χ2n) is 4.98. The number of hydrogen-bond donors (Lipinski definition) is 1. The average molecular weight is 263 g/mol. The summed E-state index contributed by atoms with van der Waals surface area (Å²) < 4.78 is 26.5. The maximum atomic E-state index is 12.4. The van der Waals surface area contributed by atoms with E-state index in [0.717, 1.165) is 19.4 Å². The number of nitrogens with two attached hydrogens (primary N) is 1. The summed E-state index contributed by atoms with van der Waals surface area (Å²) in [7, 11) is 0.737. The maximum absolute atomic E-state index is 12.4. The highest BCUT2D eigenvalue weighted by molar-refractivity contribution is 7.89. The SMILES string of the molecule is CCC(CN)S(=O)(=O)N1CCCC1CN(C)C. The normalized spacial score (nSPS) is 24.4. The highest BCUT2D eigenvalue weighted by Crippen LogP contribution is 2.24. The zero-order chi connectivity index (χ0) is 13.1. The van der Waals surface area contributed by atoms with Crippen molar-refractivity contribution in [3.05, 3.63) is 0 Å². The lowest BCUT2D eigenvalue weighted by Crippen LogP contribution is -2.47. The average Bonchev–Trinajstić information content (AvgIpc) is 2.66. The predicted octanol–water partition coefficient (Wildman–Crippen LogP) is 0.0795. The molecule has 0 radical (unpaired) electrons. The van der Waals surface area contributed by atoms with Gasteiger partial charge in [0.15, 0.2) is 0 Å². The standard InChI is InChI=1S/C11H25N3O2S/c1-4-11(8-12)17(15,16)14-7-5-6-10(14)9-13(2)3/h10-11H,4-9,12H2,1-3H3. The Morgan fingerprint density at radius 2 is 2.12 bits per heavy atom. The lowest BCUT2D eigenvalue weighted by Gasteiger charge is -2.29. The molecule has 5 nitrogen and oxygen atoms in total. The lowest BCUT2D eigenvalue weighted by atomic mass is 10.2. The van der Waals surface area contributed by atoms with Crippen LogP contribution in [0.2, 0.25) is 0 Å². The van der Waals surface area contributed by atoms with E-state index in [4.69, 9.17) is 5.73 Å². The molecule has 0 spiro atoms. The van der Waals surface area contributed by atoms with Gasteiger partial charge in [-0.1, -0.05) is 6.92 Å². The van der Waals surface area contributed by atoms with E-state index in [0.29, 0.717) is 13.0 Å². The third-order valence-electron chi connectivity index (χ3n) is 3.37. The molecule has 0 aromatic rings. The zero-order valence-corrected chi connectivity index (χ0v) is 11.9. The fraction of sp³-hybridized carbons (Fsp3) is 1.00. The van der Waals surface area contributed by atoms with E-state index in [1.165, 1.54) is 0 Å². The Bertz CT molecular complexity index is 326. The fourth-order valence-electron chi connectivity index (χ4n) is 2.44. The Morgan fingerprint density at radius 1 is 1.47 bits per heavy atom. The third-order valence-corrected chi connectivity index (χ3v) is 5.87. The summed E-state index contributed by atoms with van der Waals surface area (Å²) in [6, 6.07) is 0.121. The van der Waals surface area contributed by atoms with Gasteiger partial charge in [0.1, 0.15) is 0 Å². The summed E-state index contributed by atoms with van der Waals surface area (Å²) in [5, 5.41) is -0.426. The van der Waals surface area contributed by atoms with Crippen molar-refractivity contribution in [1.29, 1.82) is 0 Å². The molecule has 0 saturated carbocycles. The molecule has 1 saturated heterocycles. The minimum Gasteiger partial charge on any atom is -0.329 e. The van der Waals surface area contributed by atoms with Crippen molar-refractivity contribution in [2.75, 3.05) is 33.7 Å².